The monoisotopic (exact) mass is 383 g/mol. The third-order valence-electron chi connectivity index (χ3n) is 2.97. The van der Waals surface area contributed by atoms with Gasteiger partial charge in [-0.05, 0) is 37.3 Å². The lowest BCUT2D eigenvalue weighted by Gasteiger charge is -2.11. The number of benzene rings is 1. The van der Waals surface area contributed by atoms with Crippen molar-refractivity contribution in [1.29, 1.82) is 0 Å². The summed E-state index contributed by atoms with van der Waals surface area (Å²) in [5.74, 6) is 0.484. The molecule has 0 saturated heterocycles. The number of aromatic nitrogens is 2. The van der Waals surface area contributed by atoms with Gasteiger partial charge in [-0.1, -0.05) is 35.0 Å². The van der Waals surface area contributed by atoms with Crippen molar-refractivity contribution in [2.45, 2.75) is 17.4 Å². The summed E-state index contributed by atoms with van der Waals surface area (Å²) < 4.78 is 10.6. The van der Waals surface area contributed by atoms with E-state index in [2.05, 4.69) is 15.5 Å². The van der Waals surface area contributed by atoms with Crippen LogP contribution in [0.3, 0.4) is 0 Å². The molecule has 0 aliphatic heterocycles. The molecular weight excluding hydrogens is 373 g/mol. The van der Waals surface area contributed by atoms with Crippen LogP contribution in [0.25, 0.3) is 11.7 Å². The molecule has 0 bridgehead atoms. The molecule has 9 heteroatoms. The minimum atomic E-state index is -0.471. The molecule has 1 amide bonds. The minimum Gasteiger partial charge on any atom is -0.459 e. The maximum atomic E-state index is 12.3. The number of carbonyl (C=O) groups excluding carboxylic acids is 1. The summed E-state index contributed by atoms with van der Waals surface area (Å²) in [7, 11) is 0. The molecule has 0 radical (unpaired) electrons. The second-order valence-electron chi connectivity index (χ2n) is 4.72. The van der Waals surface area contributed by atoms with E-state index in [-0.39, 0.29) is 17.0 Å². The van der Waals surface area contributed by atoms with Gasteiger partial charge >= 0.3 is 0 Å². The van der Waals surface area contributed by atoms with Crippen molar-refractivity contribution in [3.63, 3.8) is 0 Å². The van der Waals surface area contributed by atoms with Crippen molar-refractivity contribution < 1.29 is 13.6 Å². The Hall–Kier alpha value is -1.96. The number of halogens is 2. The van der Waals surface area contributed by atoms with Crippen molar-refractivity contribution >= 4 is 46.6 Å². The maximum Gasteiger partial charge on any atom is 0.284 e. The van der Waals surface area contributed by atoms with E-state index in [9.17, 15) is 4.79 Å². The lowest BCUT2D eigenvalue weighted by molar-refractivity contribution is -0.115. The third kappa shape index (κ3) is 3.92. The van der Waals surface area contributed by atoms with Crippen LogP contribution < -0.4 is 5.32 Å². The van der Waals surface area contributed by atoms with Crippen LogP contribution in [-0.2, 0) is 4.79 Å². The second-order valence-corrected chi connectivity index (χ2v) is 6.86. The van der Waals surface area contributed by atoms with Crippen LogP contribution >= 0.6 is 35.0 Å². The molecule has 124 valence electrons. The third-order valence-corrected chi connectivity index (χ3v) is 4.46. The Balaban J connectivity index is 1.64. The molecule has 3 rings (SSSR count). The zero-order chi connectivity index (χ0) is 17.1. The number of furan rings is 1. The van der Waals surface area contributed by atoms with E-state index >= 15 is 0 Å². The zero-order valence-corrected chi connectivity index (χ0v) is 14.7. The summed E-state index contributed by atoms with van der Waals surface area (Å²) in [6, 6.07) is 8.28. The Morgan fingerprint density at radius 3 is 2.83 bits per heavy atom. The Kier molecular flexibility index (Phi) is 5.13. The van der Waals surface area contributed by atoms with Crippen LogP contribution in [-0.4, -0.2) is 21.4 Å². The maximum absolute atomic E-state index is 12.3. The molecule has 2 aromatic heterocycles. The molecule has 0 spiro atoms. The first kappa shape index (κ1) is 16.9. The number of nitrogens with one attached hydrogen (secondary N) is 1. The highest BCUT2D eigenvalue weighted by atomic mass is 35.5. The molecule has 1 aromatic carbocycles. The van der Waals surface area contributed by atoms with Gasteiger partial charge in [-0.15, -0.1) is 10.2 Å². The van der Waals surface area contributed by atoms with Crippen LogP contribution in [0.4, 0.5) is 5.69 Å². The molecular formula is C15H11Cl2N3O3S. The second kappa shape index (κ2) is 7.29. The molecule has 2 heterocycles. The molecule has 0 unspecified atom stereocenters. The van der Waals surface area contributed by atoms with E-state index in [0.717, 1.165) is 11.8 Å². The van der Waals surface area contributed by atoms with Crippen LogP contribution in [0, 0.1) is 0 Å². The number of amides is 1. The fourth-order valence-electron chi connectivity index (χ4n) is 1.79. The summed E-state index contributed by atoms with van der Waals surface area (Å²) in [6.45, 7) is 1.72. The normalized spacial score (nSPS) is 12.1. The molecule has 0 fully saturated rings. The standard InChI is InChI=1S/C15H11Cl2N3O3S/c1-8(13(21)18-11-5-4-9(16)7-10(11)17)24-15-20-19-14(23-15)12-3-2-6-22-12/h2-8H,1H3,(H,18,21)/t8-/m1/s1. The lowest BCUT2D eigenvalue weighted by Crippen LogP contribution is -2.22. The summed E-state index contributed by atoms with van der Waals surface area (Å²) >= 11 is 13.0. The quantitative estimate of drug-likeness (QED) is 0.639. The molecule has 0 saturated carbocycles. The predicted molar refractivity (Wildman–Crippen MR) is 92.4 cm³/mol. The largest absolute Gasteiger partial charge is 0.459 e. The van der Waals surface area contributed by atoms with Gasteiger partial charge in [-0.3, -0.25) is 4.79 Å². The molecule has 1 N–H and O–H groups in total. The zero-order valence-electron chi connectivity index (χ0n) is 12.3. The molecule has 1 atom stereocenters. The van der Waals surface area contributed by atoms with Crippen LogP contribution in [0.2, 0.25) is 10.0 Å². The first-order chi connectivity index (χ1) is 11.5. The van der Waals surface area contributed by atoms with Gasteiger partial charge in [0.1, 0.15) is 0 Å². The number of carbonyl (C=O) groups is 1. The van der Waals surface area contributed by atoms with Gasteiger partial charge in [0, 0.05) is 5.02 Å². The summed E-state index contributed by atoms with van der Waals surface area (Å²) in [5, 5.41) is 11.2. The van der Waals surface area contributed by atoms with Crippen molar-refractivity contribution in [1.82, 2.24) is 10.2 Å². The predicted octanol–water partition coefficient (Wildman–Crippen LogP) is 4.76. The summed E-state index contributed by atoms with van der Waals surface area (Å²) in [4.78, 5) is 12.3. The van der Waals surface area contributed by atoms with Gasteiger partial charge in [-0.2, -0.15) is 0 Å². The average Bonchev–Trinajstić information content (AvgIpc) is 3.20. The van der Waals surface area contributed by atoms with Gasteiger partial charge in [0.15, 0.2) is 5.76 Å². The minimum absolute atomic E-state index is 0.248. The highest BCUT2D eigenvalue weighted by Gasteiger charge is 2.20. The molecule has 6 nitrogen and oxygen atoms in total. The van der Waals surface area contributed by atoms with Crippen LogP contribution in [0.1, 0.15) is 6.92 Å². The number of thioether (sulfide) groups is 1. The number of nitrogens with zero attached hydrogens (tertiary/aromatic N) is 2. The molecule has 3 aromatic rings. The van der Waals surface area contributed by atoms with Gasteiger partial charge in [0.05, 0.1) is 22.2 Å². The van der Waals surface area contributed by atoms with E-state index < -0.39 is 5.25 Å². The summed E-state index contributed by atoms with van der Waals surface area (Å²) in [6.07, 6.45) is 1.51. The fourth-order valence-corrected chi connectivity index (χ4v) is 2.93. The average molecular weight is 384 g/mol. The topological polar surface area (TPSA) is 81.2 Å². The lowest BCUT2D eigenvalue weighted by atomic mass is 10.3. The smallest absolute Gasteiger partial charge is 0.284 e. The van der Waals surface area contributed by atoms with E-state index in [4.69, 9.17) is 32.0 Å². The Morgan fingerprint density at radius 1 is 1.29 bits per heavy atom. The van der Waals surface area contributed by atoms with Crippen LogP contribution in [0.15, 0.2) is 50.7 Å². The highest BCUT2D eigenvalue weighted by molar-refractivity contribution is 8.00. The summed E-state index contributed by atoms with van der Waals surface area (Å²) in [5.41, 5.74) is 0.486. The molecule has 24 heavy (non-hydrogen) atoms. The van der Waals surface area contributed by atoms with Gasteiger partial charge in [0.25, 0.3) is 11.1 Å². The SMILES string of the molecule is C[C@@H](Sc1nnc(-c2ccco2)o1)C(=O)Nc1ccc(Cl)cc1Cl. The molecule has 0 aliphatic carbocycles. The number of hydrogen-bond acceptors (Lipinski definition) is 6. The van der Waals surface area contributed by atoms with E-state index in [0.29, 0.717) is 21.5 Å². The van der Waals surface area contributed by atoms with Crippen molar-refractivity contribution in [2.24, 2.45) is 0 Å². The van der Waals surface area contributed by atoms with Crippen molar-refractivity contribution in [3.05, 3.63) is 46.6 Å². The van der Waals surface area contributed by atoms with E-state index in [1.807, 2.05) is 0 Å². The van der Waals surface area contributed by atoms with Gasteiger partial charge in [-0.25, -0.2) is 0 Å². The first-order valence-corrected chi connectivity index (χ1v) is 8.46. The molecule has 0 aliphatic rings. The van der Waals surface area contributed by atoms with Crippen LogP contribution in [0.5, 0.6) is 0 Å². The van der Waals surface area contributed by atoms with Gasteiger partial charge in [0.2, 0.25) is 5.91 Å². The number of hydrogen-bond donors (Lipinski definition) is 1. The highest BCUT2D eigenvalue weighted by Crippen LogP contribution is 2.29. The Labute approximate surface area is 151 Å². The van der Waals surface area contributed by atoms with Gasteiger partial charge < -0.3 is 14.2 Å². The Bertz CT molecular complexity index is 852. The first-order valence-electron chi connectivity index (χ1n) is 6.83. The van der Waals surface area contributed by atoms with Crippen molar-refractivity contribution in [3.8, 4) is 11.7 Å². The van der Waals surface area contributed by atoms with E-state index in [1.165, 1.54) is 6.26 Å². The van der Waals surface area contributed by atoms with Crippen molar-refractivity contribution in [2.75, 3.05) is 5.32 Å². The van der Waals surface area contributed by atoms with E-state index in [1.54, 1.807) is 37.3 Å². The fraction of sp³-hybridized carbons (Fsp3) is 0.133. The Morgan fingerprint density at radius 2 is 2.12 bits per heavy atom. The number of anilines is 1. The number of rotatable bonds is 5.